The van der Waals surface area contributed by atoms with Gasteiger partial charge in [0.15, 0.2) is 0 Å². The molecule has 1 fully saturated rings. The van der Waals surface area contributed by atoms with Gasteiger partial charge in [-0.2, -0.15) is 0 Å². The molecule has 7 heteroatoms. The number of nitrogens with one attached hydrogen (secondary N) is 1. The number of nitrogens with zero attached hydrogens (tertiary/aromatic N) is 3. The summed E-state index contributed by atoms with van der Waals surface area (Å²) in [6.07, 6.45) is 1.01. The molecule has 0 spiro atoms. The van der Waals surface area contributed by atoms with E-state index in [2.05, 4.69) is 55.3 Å². The monoisotopic (exact) mass is 524 g/mol. The molecular weight excluding hydrogens is 500 g/mol. The van der Waals surface area contributed by atoms with E-state index in [1.54, 1.807) is 0 Å². The standard InChI is InChI=1S/C26H26BrClN4O/c27-19-6-9-21(10-7-19)33-17-3-12-31-13-15-32(16-14-31)26-22-4-1-2-5-23(22)29-24-11-8-20(28)18-25(24)30-26/h1-2,4-11,18,29H,3,12-17H2. The van der Waals surface area contributed by atoms with Crippen molar-refractivity contribution < 1.29 is 4.74 Å². The van der Waals surface area contributed by atoms with Crippen LogP contribution in [0.1, 0.15) is 12.0 Å². The number of ether oxygens (including phenoxy) is 1. The van der Waals surface area contributed by atoms with E-state index in [0.717, 1.165) is 84.4 Å². The Morgan fingerprint density at radius 1 is 0.939 bits per heavy atom. The van der Waals surface area contributed by atoms with Crippen LogP contribution in [0.2, 0.25) is 5.02 Å². The van der Waals surface area contributed by atoms with Gasteiger partial charge in [-0.15, -0.1) is 0 Å². The third-order valence-electron chi connectivity index (χ3n) is 6.00. The molecule has 0 aromatic heterocycles. The van der Waals surface area contributed by atoms with E-state index in [9.17, 15) is 0 Å². The highest BCUT2D eigenvalue weighted by Crippen LogP contribution is 2.36. The molecule has 2 aliphatic rings. The first-order chi connectivity index (χ1) is 16.2. The fourth-order valence-corrected chi connectivity index (χ4v) is 4.67. The summed E-state index contributed by atoms with van der Waals surface area (Å²) < 4.78 is 6.94. The van der Waals surface area contributed by atoms with Gasteiger partial charge in [-0.3, -0.25) is 4.90 Å². The van der Waals surface area contributed by atoms with E-state index >= 15 is 0 Å². The van der Waals surface area contributed by atoms with Crippen molar-refractivity contribution in [3.05, 3.63) is 81.8 Å². The van der Waals surface area contributed by atoms with Gasteiger partial charge >= 0.3 is 0 Å². The lowest BCUT2D eigenvalue weighted by atomic mass is 10.1. The Hall–Kier alpha value is -2.54. The molecule has 0 radical (unpaired) electrons. The molecule has 2 heterocycles. The molecule has 0 bridgehead atoms. The van der Waals surface area contributed by atoms with Crippen molar-refractivity contribution in [3.8, 4) is 5.75 Å². The van der Waals surface area contributed by atoms with Gasteiger partial charge in [0.05, 0.1) is 18.0 Å². The molecule has 0 saturated carbocycles. The highest BCUT2D eigenvalue weighted by Gasteiger charge is 2.24. The number of rotatable bonds is 5. The number of hydrogen-bond acceptors (Lipinski definition) is 5. The summed E-state index contributed by atoms with van der Waals surface area (Å²) in [5.41, 5.74) is 4.05. The van der Waals surface area contributed by atoms with Gasteiger partial charge in [0, 0.05) is 53.5 Å². The molecule has 0 amide bonds. The minimum atomic E-state index is 0.694. The minimum absolute atomic E-state index is 0.694. The highest BCUT2D eigenvalue weighted by molar-refractivity contribution is 9.10. The van der Waals surface area contributed by atoms with Gasteiger partial charge < -0.3 is 15.0 Å². The Morgan fingerprint density at radius 2 is 1.73 bits per heavy atom. The van der Waals surface area contributed by atoms with Crippen LogP contribution < -0.4 is 10.1 Å². The van der Waals surface area contributed by atoms with E-state index in [1.807, 2.05) is 42.5 Å². The maximum absolute atomic E-state index is 6.27. The number of hydrogen-bond donors (Lipinski definition) is 1. The van der Waals surface area contributed by atoms with Gasteiger partial charge in [0.25, 0.3) is 0 Å². The maximum Gasteiger partial charge on any atom is 0.138 e. The molecule has 33 heavy (non-hydrogen) atoms. The molecule has 0 atom stereocenters. The van der Waals surface area contributed by atoms with E-state index in [1.165, 1.54) is 0 Å². The summed E-state index contributed by atoms with van der Waals surface area (Å²) in [6, 6.07) is 22.2. The van der Waals surface area contributed by atoms with Crippen LogP contribution in [0.15, 0.2) is 76.2 Å². The normalized spacial score (nSPS) is 15.7. The third kappa shape index (κ3) is 5.35. The molecule has 0 unspecified atom stereocenters. The first kappa shape index (κ1) is 22.3. The number of piperazine rings is 1. The fourth-order valence-electron chi connectivity index (χ4n) is 4.24. The molecule has 3 aromatic carbocycles. The smallest absolute Gasteiger partial charge is 0.138 e. The lowest BCUT2D eigenvalue weighted by molar-refractivity contribution is 0.169. The molecule has 0 aliphatic carbocycles. The van der Waals surface area contributed by atoms with Gasteiger partial charge in [-0.05, 0) is 61.0 Å². The second kappa shape index (κ2) is 10.2. The Balaban J connectivity index is 1.21. The number of anilines is 2. The molecule has 5 nitrogen and oxygen atoms in total. The summed E-state index contributed by atoms with van der Waals surface area (Å²) in [4.78, 5) is 9.96. The SMILES string of the molecule is Clc1ccc2c(c1)N=C(N1CCN(CCCOc3ccc(Br)cc3)CC1)c1ccccc1N2. The van der Waals surface area contributed by atoms with Crippen molar-refractivity contribution >= 4 is 50.4 Å². The van der Waals surface area contributed by atoms with Crippen molar-refractivity contribution in [3.63, 3.8) is 0 Å². The van der Waals surface area contributed by atoms with Crippen molar-refractivity contribution in [1.29, 1.82) is 0 Å². The lowest BCUT2D eigenvalue weighted by Gasteiger charge is -2.36. The van der Waals surface area contributed by atoms with Crippen LogP contribution in [0.5, 0.6) is 5.75 Å². The third-order valence-corrected chi connectivity index (χ3v) is 6.76. The molecule has 3 aromatic rings. The quantitative estimate of drug-likeness (QED) is 0.396. The number of amidine groups is 1. The number of aliphatic imine (C=N–C) groups is 1. The van der Waals surface area contributed by atoms with E-state index in [0.29, 0.717) is 5.02 Å². The topological polar surface area (TPSA) is 40.1 Å². The predicted octanol–water partition coefficient (Wildman–Crippen LogP) is 6.32. The first-order valence-corrected chi connectivity index (χ1v) is 12.4. The molecule has 1 saturated heterocycles. The lowest BCUT2D eigenvalue weighted by Crippen LogP contribution is -2.49. The van der Waals surface area contributed by atoms with Crippen LogP contribution in [0.25, 0.3) is 0 Å². The molecule has 1 N–H and O–H groups in total. The van der Waals surface area contributed by atoms with Gasteiger partial charge in [0.1, 0.15) is 11.6 Å². The molecular formula is C26H26BrClN4O. The second-order valence-corrected chi connectivity index (χ2v) is 9.60. The Labute approximate surface area is 208 Å². The zero-order valence-electron chi connectivity index (χ0n) is 18.3. The summed E-state index contributed by atoms with van der Waals surface area (Å²) >= 11 is 9.72. The van der Waals surface area contributed by atoms with E-state index in [-0.39, 0.29) is 0 Å². The second-order valence-electron chi connectivity index (χ2n) is 8.25. The molecule has 2 aliphatic heterocycles. The first-order valence-electron chi connectivity index (χ1n) is 11.3. The zero-order chi connectivity index (χ0) is 22.6. The van der Waals surface area contributed by atoms with Crippen LogP contribution in [0.3, 0.4) is 0 Å². The van der Waals surface area contributed by atoms with Crippen LogP contribution in [-0.4, -0.2) is 55.0 Å². The summed E-state index contributed by atoms with van der Waals surface area (Å²) in [5, 5.41) is 4.23. The van der Waals surface area contributed by atoms with Crippen LogP contribution in [0, 0.1) is 0 Å². The van der Waals surface area contributed by atoms with Crippen molar-refractivity contribution in [2.75, 3.05) is 44.6 Å². The largest absolute Gasteiger partial charge is 0.494 e. The van der Waals surface area contributed by atoms with Crippen molar-refractivity contribution in [2.24, 2.45) is 4.99 Å². The minimum Gasteiger partial charge on any atom is -0.494 e. The van der Waals surface area contributed by atoms with Gasteiger partial charge in [0.2, 0.25) is 0 Å². The van der Waals surface area contributed by atoms with Crippen LogP contribution >= 0.6 is 27.5 Å². The van der Waals surface area contributed by atoms with Crippen LogP contribution in [0.4, 0.5) is 17.1 Å². The predicted molar refractivity (Wildman–Crippen MR) is 140 cm³/mol. The molecule has 5 rings (SSSR count). The number of para-hydroxylation sites is 1. The highest BCUT2D eigenvalue weighted by atomic mass is 79.9. The van der Waals surface area contributed by atoms with E-state index in [4.69, 9.17) is 21.3 Å². The van der Waals surface area contributed by atoms with Crippen molar-refractivity contribution in [1.82, 2.24) is 9.80 Å². The Morgan fingerprint density at radius 3 is 2.55 bits per heavy atom. The van der Waals surface area contributed by atoms with Gasteiger partial charge in [-0.25, -0.2) is 4.99 Å². The molecule has 170 valence electrons. The fraction of sp³-hybridized carbons (Fsp3) is 0.269. The number of benzene rings is 3. The van der Waals surface area contributed by atoms with E-state index < -0.39 is 0 Å². The number of fused-ring (bicyclic) bond motifs is 2. The maximum atomic E-state index is 6.27. The summed E-state index contributed by atoms with van der Waals surface area (Å²) in [6.45, 7) is 5.66. The van der Waals surface area contributed by atoms with Crippen LogP contribution in [-0.2, 0) is 0 Å². The summed E-state index contributed by atoms with van der Waals surface area (Å²) in [7, 11) is 0. The van der Waals surface area contributed by atoms with Crippen molar-refractivity contribution in [2.45, 2.75) is 6.42 Å². The average Bonchev–Trinajstić information content (AvgIpc) is 3.00. The number of halogens is 2. The zero-order valence-corrected chi connectivity index (χ0v) is 20.6. The average molecular weight is 526 g/mol. The Bertz CT molecular complexity index is 1140. The Kier molecular flexibility index (Phi) is 6.85. The van der Waals surface area contributed by atoms with Gasteiger partial charge in [-0.1, -0.05) is 39.7 Å². The summed E-state index contributed by atoms with van der Waals surface area (Å²) in [5.74, 6) is 1.93.